The lowest BCUT2D eigenvalue weighted by Crippen LogP contribution is -2.31. The molecule has 0 unspecified atom stereocenters. The molecule has 0 aliphatic rings. The van der Waals surface area contributed by atoms with Gasteiger partial charge in [-0.05, 0) is 38.5 Å². The number of benzene rings is 1. The molecule has 0 fully saturated rings. The van der Waals surface area contributed by atoms with Crippen molar-refractivity contribution in [1.29, 1.82) is 0 Å². The Morgan fingerprint density at radius 1 is 1.00 bits per heavy atom. The van der Waals surface area contributed by atoms with E-state index < -0.39 is 0 Å². The van der Waals surface area contributed by atoms with Crippen LogP contribution in [-0.2, 0) is 6.54 Å². The van der Waals surface area contributed by atoms with Crippen LogP contribution in [0.5, 0.6) is 0 Å². The highest BCUT2D eigenvalue weighted by molar-refractivity contribution is 5.99. The Morgan fingerprint density at radius 3 is 2.30 bits per heavy atom. The summed E-state index contributed by atoms with van der Waals surface area (Å²) in [7, 11) is 0. The highest BCUT2D eigenvalue weighted by Crippen LogP contribution is 2.23. The number of hydrogen-bond acceptors (Lipinski definition) is 5. The Balaban J connectivity index is 1.78. The van der Waals surface area contributed by atoms with Crippen LogP contribution in [0, 0.1) is 6.92 Å². The standard InChI is InChI=1S/C23H25N5O2/c1-4-28(5-2)23(30)20-15-25-16(3)27-21(20)18-8-6-17(7-9-18)14-26-22(29)19-10-12-24-13-11-19/h6-13,15H,4-5,14H2,1-3H3,(H,26,29). The summed E-state index contributed by atoms with van der Waals surface area (Å²) in [6.07, 6.45) is 4.77. The summed E-state index contributed by atoms with van der Waals surface area (Å²) in [5.74, 6) is 0.374. The smallest absolute Gasteiger partial charge is 0.257 e. The van der Waals surface area contributed by atoms with Gasteiger partial charge in [0.2, 0.25) is 0 Å². The molecule has 2 amide bonds. The summed E-state index contributed by atoms with van der Waals surface area (Å²) >= 11 is 0. The number of rotatable bonds is 7. The van der Waals surface area contributed by atoms with E-state index in [9.17, 15) is 9.59 Å². The van der Waals surface area contributed by atoms with Crippen molar-refractivity contribution in [3.05, 3.63) is 77.5 Å². The molecule has 7 nitrogen and oxygen atoms in total. The zero-order valence-electron chi connectivity index (χ0n) is 17.4. The van der Waals surface area contributed by atoms with Gasteiger partial charge in [-0.1, -0.05) is 24.3 Å². The van der Waals surface area contributed by atoms with Gasteiger partial charge in [0, 0.05) is 49.4 Å². The lowest BCUT2D eigenvalue weighted by Gasteiger charge is -2.20. The highest BCUT2D eigenvalue weighted by atomic mass is 16.2. The first-order chi connectivity index (χ1) is 14.5. The molecule has 1 N–H and O–H groups in total. The summed E-state index contributed by atoms with van der Waals surface area (Å²) in [5, 5.41) is 2.89. The molecule has 0 atom stereocenters. The van der Waals surface area contributed by atoms with E-state index in [-0.39, 0.29) is 11.8 Å². The lowest BCUT2D eigenvalue weighted by atomic mass is 10.0. The Bertz CT molecular complexity index is 1020. The van der Waals surface area contributed by atoms with Crippen LogP contribution in [0.3, 0.4) is 0 Å². The molecule has 0 aliphatic carbocycles. The van der Waals surface area contributed by atoms with E-state index in [0.29, 0.717) is 42.3 Å². The predicted molar refractivity (Wildman–Crippen MR) is 115 cm³/mol. The van der Waals surface area contributed by atoms with Crippen LogP contribution in [0.25, 0.3) is 11.3 Å². The number of aromatic nitrogens is 3. The second-order valence-corrected chi connectivity index (χ2v) is 6.77. The first kappa shape index (κ1) is 21.1. The zero-order valence-corrected chi connectivity index (χ0v) is 17.4. The Hall–Kier alpha value is -3.61. The molecule has 30 heavy (non-hydrogen) atoms. The van der Waals surface area contributed by atoms with Crippen molar-refractivity contribution in [2.24, 2.45) is 0 Å². The number of amides is 2. The number of hydrogen-bond donors (Lipinski definition) is 1. The van der Waals surface area contributed by atoms with Crippen LogP contribution in [0.4, 0.5) is 0 Å². The van der Waals surface area contributed by atoms with Crippen molar-refractivity contribution in [3.63, 3.8) is 0 Å². The van der Waals surface area contributed by atoms with E-state index in [1.807, 2.05) is 38.1 Å². The van der Waals surface area contributed by atoms with Crippen molar-refractivity contribution in [2.75, 3.05) is 13.1 Å². The fourth-order valence-electron chi connectivity index (χ4n) is 3.10. The maximum Gasteiger partial charge on any atom is 0.257 e. The topological polar surface area (TPSA) is 88.1 Å². The fraction of sp³-hybridized carbons (Fsp3) is 0.261. The van der Waals surface area contributed by atoms with Crippen molar-refractivity contribution >= 4 is 11.8 Å². The summed E-state index contributed by atoms with van der Waals surface area (Å²) in [4.78, 5) is 39.5. The highest BCUT2D eigenvalue weighted by Gasteiger charge is 2.19. The average molecular weight is 403 g/mol. The van der Waals surface area contributed by atoms with Crippen molar-refractivity contribution < 1.29 is 9.59 Å². The maximum absolute atomic E-state index is 12.9. The normalized spacial score (nSPS) is 10.5. The third-order valence-corrected chi connectivity index (χ3v) is 4.81. The first-order valence-corrected chi connectivity index (χ1v) is 9.94. The Morgan fingerprint density at radius 2 is 1.67 bits per heavy atom. The molecule has 3 rings (SSSR count). The van der Waals surface area contributed by atoms with E-state index in [1.165, 1.54) is 0 Å². The van der Waals surface area contributed by atoms with Crippen molar-refractivity contribution in [3.8, 4) is 11.3 Å². The van der Waals surface area contributed by atoms with Gasteiger partial charge >= 0.3 is 0 Å². The number of carbonyl (C=O) groups excluding carboxylic acids is 2. The van der Waals surface area contributed by atoms with E-state index in [2.05, 4.69) is 20.3 Å². The minimum Gasteiger partial charge on any atom is -0.348 e. The molecule has 0 aliphatic heterocycles. The SMILES string of the molecule is CCN(CC)C(=O)c1cnc(C)nc1-c1ccc(CNC(=O)c2ccncc2)cc1. The Labute approximate surface area is 176 Å². The van der Waals surface area contributed by atoms with Gasteiger partial charge in [0.05, 0.1) is 11.3 Å². The van der Waals surface area contributed by atoms with Crippen molar-refractivity contribution in [2.45, 2.75) is 27.3 Å². The molecule has 154 valence electrons. The monoisotopic (exact) mass is 403 g/mol. The van der Waals surface area contributed by atoms with Gasteiger partial charge in [-0.25, -0.2) is 9.97 Å². The number of nitrogens with one attached hydrogen (secondary N) is 1. The largest absolute Gasteiger partial charge is 0.348 e. The van der Waals surface area contributed by atoms with Crippen LogP contribution < -0.4 is 5.32 Å². The predicted octanol–water partition coefficient (Wildman–Crippen LogP) is 3.26. The zero-order chi connectivity index (χ0) is 21.5. The molecular formula is C23H25N5O2. The van der Waals surface area contributed by atoms with Gasteiger partial charge < -0.3 is 10.2 Å². The third kappa shape index (κ3) is 4.86. The van der Waals surface area contributed by atoms with Gasteiger partial charge in [0.15, 0.2) is 0 Å². The molecule has 0 saturated heterocycles. The Kier molecular flexibility index (Phi) is 6.85. The summed E-state index contributed by atoms with van der Waals surface area (Å²) in [5.41, 5.74) is 3.45. The summed E-state index contributed by atoms with van der Waals surface area (Å²) in [6, 6.07) is 11.0. The van der Waals surface area contributed by atoms with Gasteiger partial charge in [0.25, 0.3) is 11.8 Å². The van der Waals surface area contributed by atoms with Gasteiger partial charge in [-0.15, -0.1) is 0 Å². The van der Waals surface area contributed by atoms with Gasteiger partial charge in [0.1, 0.15) is 5.82 Å². The van der Waals surface area contributed by atoms with E-state index in [0.717, 1.165) is 11.1 Å². The number of aryl methyl sites for hydroxylation is 1. The molecule has 0 radical (unpaired) electrons. The first-order valence-electron chi connectivity index (χ1n) is 9.94. The minimum atomic E-state index is -0.153. The van der Waals surface area contributed by atoms with Crippen LogP contribution in [0.2, 0.25) is 0 Å². The fourth-order valence-corrected chi connectivity index (χ4v) is 3.10. The molecule has 0 spiro atoms. The second-order valence-electron chi connectivity index (χ2n) is 6.77. The number of carbonyl (C=O) groups is 2. The van der Waals surface area contributed by atoms with Crippen LogP contribution in [0.15, 0.2) is 55.0 Å². The summed E-state index contributed by atoms with van der Waals surface area (Å²) < 4.78 is 0. The molecule has 7 heteroatoms. The summed E-state index contributed by atoms with van der Waals surface area (Å²) in [6.45, 7) is 7.35. The van der Waals surface area contributed by atoms with Gasteiger partial charge in [-0.3, -0.25) is 14.6 Å². The number of pyridine rings is 1. The number of nitrogens with zero attached hydrogens (tertiary/aromatic N) is 4. The molecule has 0 bridgehead atoms. The minimum absolute atomic E-state index is 0.0799. The third-order valence-electron chi connectivity index (χ3n) is 4.81. The van der Waals surface area contributed by atoms with E-state index in [4.69, 9.17) is 0 Å². The maximum atomic E-state index is 12.9. The van der Waals surface area contributed by atoms with E-state index >= 15 is 0 Å². The van der Waals surface area contributed by atoms with E-state index in [1.54, 1.807) is 42.5 Å². The average Bonchev–Trinajstić information content (AvgIpc) is 2.79. The van der Waals surface area contributed by atoms with Crippen LogP contribution in [0.1, 0.15) is 46.0 Å². The van der Waals surface area contributed by atoms with Crippen LogP contribution >= 0.6 is 0 Å². The second kappa shape index (κ2) is 9.73. The van der Waals surface area contributed by atoms with Gasteiger partial charge in [-0.2, -0.15) is 0 Å². The lowest BCUT2D eigenvalue weighted by molar-refractivity contribution is 0.0772. The van der Waals surface area contributed by atoms with Crippen LogP contribution in [-0.4, -0.2) is 44.8 Å². The molecule has 2 heterocycles. The molecule has 1 aromatic carbocycles. The molecular weight excluding hydrogens is 378 g/mol. The van der Waals surface area contributed by atoms with Crippen molar-refractivity contribution in [1.82, 2.24) is 25.2 Å². The molecule has 0 saturated carbocycles. The molecule has 3 aromatic rings. The quantitative estimate of drug-likeness (QED) is 0.654. The molecule has 2 aromatic heterocycles.